The van der Waals surface area contributed by atoms with Crippen molar-refractivity contribution in [1.82, 2.24) is 5.32 Å². The van der Waals surface area contributed by atoms with Crippen LogP contribution in [0, 0.1) is 0 Å². The third-order valence-electron chi connectivity index (χ3n) is 1.08. The van der Waals surface area contributed by atoms with Crippen molar-refractivity contribution in [3.63, 3.8) is 0 Å². The summed E-state index contributed by atoms with van der Waals surface area (Å²) in [7, 11) is 0. The van der Waals surface area contributed by atoms with Crippen LogP contribution in [0.4, 0.5) is 4.79 Å². The van der Waals surface area contributed by atoms with E-state index in [0.29, 0.717) is 18.7 Å². The lowest BCUT2D eigenvalue weighted by molar-refractivity contribution is 0.249. The van der Waals surface area contributed by atoms with Crippen molar-refractivity contribution in [3.05, 3.63) is 24.9 Å². The monoisotopic (exact) mass is 167 g/mol. The van der Waals surface area contributed by atoms with Crippen molar-refractivity contribution in [2.45, 2.75) is 6.42 Å². The number of aliphatic imine (C=N–C) groups is 1. The number of nitrogens with two attached hydrogens (primary N) is 1. The average Bonchev–Trinajstić information content (AvgIpc) is 2.00. The van der Waals surface area contributed by atoms with E-state index in [2.05, 4.69) is 23.5 Å². The summed E-state index contributed by atoms with van der Waals surface area (Å²) in [4.78, 5) is 14.1. The fraction of sp³-hybridized carbons (Fsp3) is 0.250. The van der Waals surface area contributed by atoms with Crippen molar-refractivity contribution in [3.8, 4) is 0 Å². The number of rotatable bonds is 5. The van der Waals surface area contributed by atoms with E-state index in [4.69, 9.17) is 5.73 Å². The molecule has 0 heterocycles. The van der Waals surface area contributed by atoms with Crippen molar-refractivity contribution in [1.29, 1.82) is 0 Å². The minimum atomic E-state index is -0.532. The van der Waals surface area contributed by atoms with Gasteiger partial charge in [0.2, 0.25) is 0 Å². The molecule has 66 valence electrons. The van der Waals surface area contributed by atoms with Crippen LogP contribution in [0.2, 0.25) is 0 Å². The van der Waals surface area contributed by atoms with Gasteiger partial charge in [0.15, 0.2) is 0 Å². The molecule has 0 saturated carbocycles. The minimum absolute atomic E-state index is 0.461. The van der Waals surface area contributed by atoms with E-state index < -0.39 is 6.03 Å². The van der Waals surface area contributed by atoms with Crippen molar-refractivity contribution >= 4 is 12.2 Å². The van der Waals surface area contributed by atoms with Crippen LogP contribution in [0.3, 0.4) is 0 Å². The maximum atomic E-state index is 10.2. The Balaban J connectivity index is 3.50. The molecule has 0 saturated heterocycles. The normalized spacial score (nSPS) is 9.67. The molecule has 12 heavy (non-hydrogen) atoms. The highest BCUT2D eigenvalue weighted by Crippen LogP contribution is 1.96. The zero-order chi connectivity index (χ0) is 9.40. The number of nitrogens with one attached hydrogen (secondary N) is 1. The molecule has 2 amide bonds. The summed E-state index contributed by atoms with van der Waals surface area (Å²) < 4.78 is 0. The summed E-state index contributed by atoms with van der Waals surface area (Å²) in [6, 6.07) is -0.532. The standard InChI is InChI=1S/C8H13N3O/c1-3-5-10-7(2)4-6-11-8(9)12/h3,5H,1-2,4,6H2,(H3,9,11,12). The largest absolute Gasteiger partial charge is 0.352 e. The second-order valence-electron chi connectivity index (χ2n) is 2.12. The molecule has 0 spiro atoms. The first kappa shape index (κ1) is 10.4. The summed E-state index contributed by atoms with van der Waals surface area (Å²) in [5.74, 6) is 0. The molecule has 3 N–H and O–H groups in total. The van der Waals surface area contributed by atoms with E-state index in [1.54, 1.807) is 12.3 Å². The van der Waals surface area contributed by atoms with E-state index in [1.165, 1.54) is 0 Å². The van der Waals surface area contributed by atoms with Crippen LogP contribution in [-0.2, 0) is 0 Å². The molecule has 4 heteroatoms. The molecule has 0 fully saturated rings. The molecule has 0 aliphatic heterocycles. The van der Waals surface area contributed by atoms with E-state index in [0.717, 1.165) is 0 Å². The molecule has 0 radical (unpaired) electrons. The Morgan fingerprint density at radius 1 is 1.67 bits per heavy atom. The Kier molecular flexibility index (Phi) is 5.34. The molecular weight excluding hydrogens is 154 g/mol. The molecule has 4 nitrogen and oxygen atoms in total. The van der Waals surface area contributed by atoms with Gasteiger partial charge < -0.3 is 11.1 Å². The molecule has 0 atom stereocenters. The number of hydrogen-bond donors (Lipinski definition) is 2. The SMILES string of the molecule is C=CC=NC(=C)CCNC(N)=O. The predicted octanol–water partition coefficient (Wildman–Crippen LogP) is 0.815. The second kappa shape index (κ2) is 6.15. The van der Waals surface area contributed by atoms with Gasteiger partial charge >= 0.3 is 6.03 Å². The Morgan fingerprint density at radius 3 is 2.83 bits per heavy atom. The lowest BCUT2D eigenvalue weighted by Crippen LogP contribution is -2.30. The molecular formula is C8H13N3O. The number of allylic oxidation sites excluding steroid dienone is 1. The van der Waals surface area contributed by atoms with E-state index in [-0.39, 0.29) is 0 Å². The predicted molar refractivity (Wildman–Crippen MR) is 50.0 cm³/mol. The smallest absolute Gasteiger partial charge is 0.312 e. The quantitative estimate of drug-likeness (QED) is 0.585. The van der Waals surface area contributed by atoms with Crippen molar-refractivity contribution in [2.75, 3.05) is 6.54 Å². The zero-order valence-electron chi connectivity index (χ0n) is 6.92. The Bertz CT molecular complexity index is 208. The Morgan fingerprint density at radius 2 is 2.33 bits per heavy atom. The summed E-state index contributed by atoms with van der Waals surface area (Å²) in [6.45, 7) is 7.57. The van der Waals surface area contributed by atoms with Crippen LogP contribution in [0.15, 0.2) is 29.9 Å². The zero-order valence-corrected chi connectivity index (χ0v) is 6.92. The van der Waals surface area contributed by atoms with Crippen LogP contribution in [-0.4, -0.2) is 18.8 Å². The first-order valence-corrected chi connectivity index (χ1v) is 3.53. The third kappa shape index (κ3) is 6.54. The van der Waals surface area contributed by atoms with Gasteiger partial charge in [0.25, 0.3) is 0 Å². The number of carbonyl (C=O) groups excluding carboxylic acids is 1. The Labute approximate surface area is 71.9 Å². The van der Waals surface area contributed by atoms with Gasteiger partial charge in [-0.2, -0.15) is 0 Å². The summed E-state index contributed by atoms with van der Waals surface area (Å²) in [5.41, 5.74) is 5.53. The summed E-state index contributed by atoms with van der Waals surface area (Å²) in [6.07, 6.45) is 3.70. The van der Waals surface area contributed by atoms with Crippen molar-refractivity contribution < 1.29 is 4.79 Å². The van der Waals surface area contributed by atoms with E-state index >= 15 is 0 Å². The molecule has 0 aromatic rings. The molecule has 0 aliphatic carbocycles. The minimum Gasteiger partial charge on any atom is -0.352 e. The lowest BCUT2D eigenvalue weighted by Gasteiger charge is -1.99. The first-order valence-electron chi connectivity index (χ1n) is 3.53. The molecule has 0 bridgehead atoms. The van der Waals surface area contributed by atoms with E-state index in [1.807, 2.05) is 0 Å². The van der Waals surface area contributed by atoms with Crippen LogP contribution >= 0.6 is 0 Å². The van der Waals surface area contributed by atoms with Crippen LogP contribution in [0.1, 0.15) is 6.42 Å². The number of carbonyl (C=O) groups is 1. The topological polar surface area (TPSA) is 67.5 Å². The van der Waals surface area contributed by atoms with Gasteiger partial charge in [-0.3, -0.25) is 4.99 Å². The van der Waals surface area contributed by atoms with E-state index in [9.17, 15) is 4.79 Å². The number of amides is 2. The highest BCUT2D eigenvalue weighted by Gasteiger charge is 1.92. The van der Waals surface area contributed by atoms with Gasteiger partial charge in [-0.25, -0.2) is 4.79 Å². The number of hydrogen-bond acceptors (Lipinski definition) is 2. The maximum absolute atomic E-state index is 10.2. The molecule has 0 unspecified atom stereocenters. The third-order valence-corrected chi connectivity index (χ3v) is 1.08. The summed E-state index contributed by atoms with van der Waals surface area (Å²) >= 11 is 0. The number of urea groups is 1. The number of nitrogens with zero attached hydrogens (tertiary/aromatic N) is 1. The van der Waals surface area contributed by atoms with Crippen LogP contribution in [0.5, 0.6) is 0 Å². The average molecular weight is 167 g/mol. The molecule has 0 aliphatic rings. The highest BCUT2D eigenvalue weighted by molar-refractivity contribution is 5.72. The highest BCUT2D eigenvalue weighted by atomic mass is 16.2. The van der Waals surface area contributed by atoms with Gasteiger partial charge in [-0.1, -0.05) is 19.2 Å². The van der Waals surface area contributed by atoms with Crippen LogP contribution in [0.25, 0.3) is 0 Å². The lowest BCUT2D eigenvalue weighted by atomic mass is 10.3. The van der Waals surface area contributed by atoms with Gasteiger partial charge in [0.05, 0.1) is 0 Å². The van der Waals surface area contributed by atoms with Gasteiger partial charge in [0.1, 0.15) is 0 Å². The van der Waals surface area contributed by atoms with Gasteiger partial charge in [-0.15, -0.1) is 0 Å². The first-order chi connectivity index (χ1) is 5.66. The molecule has 0 aromatic carbocycles. The maximum Gasteiger partial charge on any atom is 0.312 e. The second-order valence-corrected chi connectivity index (χ2v) is 2.12. The van der Waals surface area contributed by atoms with Crippen LogP contribution < -0.4 is 11.1 Å². The Hall–Kier alpha value is -1.58. The van der Waals surface area contributed by atoms with Crippen molar-refractivity contribution in [2.24, 2.45) is 10.7 Å². The molecule has 0 aromatic heterocycles. The fourth-order valence-corrected chi connectivity index (χ4v) is 0.553. The fourth-order valence-electron chi connectivity index (χ4n) is 0.553. The summed E-state index contributed by atoms with van der Waals surface area (Å²) in [5, 5.41) is 2.43. The molecule has 0 rings (SSSR count). The van der Waals surface area contributed by atoms with Gasteiger partial charge in [-0.05, 0) is 0 Å². The number of primary amides is 1. The van der Waals surface area contributed by atoms with Gasteiger partial charge in [0, 0.05) is 24.9 Å².